The molecule has 0 unspecified atom stereocenters. The topological polar surface area (TPSA) is 70.0 Å². The summed E-state index contributed by atoms with van der Waals surface area (Å²) in [5.41, 5.74) is -1.34. The van der Waals surface area contributed by atoms with Gasteiger partial charge in [-0.25, -0.2) is 0 Å². The Bertz CT molecular complexity index is 596. The van der Waals surface area contributed by atoms with E-state index in [2.05, 4.69) is 0 Å². The second kappa shape index (κ2) is 6.06. The molecular weight excluding hydrogens is 318 g/mol. The number of ether oxygens (including phenoxy) is 1. The van der Waals surface area contributed by atoms with E-state index in [0.717, 1.165) is 0 Å². The fraction of sp³-hybridized carbons (Fsp3) is 0.588. The second-order valence-electron chi connectivity index (χ2n) is 6.73. The summed E-state index contributed by atoms with van der Waals surface area (Å²) in [6.45, 7) is 3.04. The summed E-state index contributed by atoms with van der Waals surface area (Å²) >= 11 is 5.94. The lowest BCUT2D eigenvalue weighted by Crippen LogP contribution is -2.64. The number of nitrogens with zero attached hydrogens (tertiary/aromatic N) is 1. The van der Waals surface area contributed by atoms with Crippen LogP contribution < -0.4 is 0 Å². The van der Waals surface area contributed by atoms with Gasteiger partial charge in [-0.2, -0.15) is 0 Å². The van der Waals surface area contributed by atoms with Crippen molar-refractivity contribution < 1.29 is 19.7 Å². The van der Waals surface area contributed by atoms with Gasteiger partial charge in [-0.1, -0.05) is 17.7 Å². The van der Waals surface area contributed by atoms with Gasteiger partial charge in [0, 0.05) is 30.1 Å². The number of hydrogen-bond acceptors (Lipinski definition) is 4. The highest BCUT2D eigenvalue weighted by atomic mass is 35.5. The van der Waals surface area contributed by atoms with Crippen LogP contribution in [0.4, 0.5) is 0 Å². The van der Waals surface area contributed by atoms with E-state index < -0.39 is 17.3 Å². The molecule has 2 aliphatic rings. The predicted octanol–water partition coefficient (Wildman–Crippen LogP) is 1.85. The largest absolute Gasteiger partial charge is 0.387 e. The van der Waals surface area contributed by atoms with Gasteiger partial charge >= 0.3 is 0 Å². The molecular formula is C17H22ClNO4. The van der Waals surface area contributed by atoms with Crippen LogP contribution in [0.3, 0.4) is 0 Å². The van der Waals surface area contributed by atoms with Crippen molar-refractivity contribution in [2.45, 2.75) is 43.5 Å². The Morgan fingerprint density at radius 2 is 2.04 bits per heavy atom. The van der Waals surface area contributed by atoms with Crippen LogP contribution in [0.1, 0.15) is 36.5 Å². The van der Waals surface area contributed by atoms with E-state index in [1.54, 1.807) is 36.1 Å². The van der Waals surface area contributed by atoms with E-state index >= 15 is 0 Å². The minimum Gasteiger partial charge on any atom is -0.387 e. The van der Waals surface area contributed by atoms with E-state index in [9.17, 15) is 15.0 Å². The van der Waals surface area contributed by atoms with Gasteiger partial charge in [0.15, 0.2) is 0 Å². The summed E-state index contributed by atoms with van der Waals surface area (Å²) in [5.74, 6) is -0.0700. The summed E-state index contributed by atoms with van der Waals surface area (Å²) in [6.07, 6.45) is 0.501. The maximum atomic E-state index is 12.5. The SMILES string of the molecule is C[C@@]1(O)CCOC2(CCN(C(=O)c3cccc(Cl)c3)CC2)[C@H]1O. The molecule has 2 fully saturated rings. The summed E-state index contributed by atoms with van der Waals surface area (Å²) in [6, 6.07) is 6.89. The van der Waals surface area contributed by atoms with Crippen molar-refractivity contribution in [2.24, 2.45) is 0 Å². The average Bonchev–Trinajstić information content (AvgIpc) is 2.53. The first-order chi connectivity index (χ1) is 10.8. The molecule has 2 aliphatic heterocycles. The monoisotopic (exact) mass is 339 g/mol. The molecule has 3 rings (SSSR count). The van der Waals surface area contributed by atoms with E-state index in [4.69, 9.17) is 16.3 Å². The summed E-state index contributed by atoms with van der Waals surface area (Å²) in [7, 11) is 0. The molecule has 0 radical (unpaired) electrons. The summed E-state index contributed by atoms with van der Waals surface area (Å²) < 4.78 is 5.84. The molecule has 1 aromatic carbocycles. The molecule has 2 saturated heterocycles. The fourth-order valence-electron chi connectivity index (χ4n) is 3.55. The molecule has 1 spiro atoms. The second-order valence-corrected chi connectivity index (χ2v) is 7.16. The van der Waals surface area contributed by atoms with Gasteiger partial charge in [0.25, 0.3) is 5.91 Å². The van der Waals surface area contributed by atoms with E-state index in [0.29, 0.717) is 49.5 Å². The zero-order valence-corrected chi connectivity index (χ0v) is 13.9. The van der Waals surface area contributed by atoms with Crippen LogP contribution in [0.5, 0.6) is 0 Å². The van der Waals surface area contributed by atoms with E-state index in [-0.39, 0.29) is 5.91 Å². The van der Waals surface area contributed by atoms with Gasteiger partial charge in [0.2, 0.25) is 0 Å². The highest BCUT2D eigenvalue weighted by molar-refractivity contribution is 6.30. The average molecular weight is 340 g/mol. The standard InChI is InChI=1S/C17H22ClNO4/c1-16(22)7-10-23-17(15(16)21)5-8-19(9-6-17)14(20)12-3-2-4-13(18)11-12/h2-4,11,15,21-22H,5-10H2,1H3/t15-,16+/m0/s1. The Morgan fingerprint density at radius 1 is 1.35 bits per heavy atom. The van der Waals surface area contributed by atoms with Gasteiger partial charge in [0.05, 0.1) is 12.2 Å². The van der Waals surface area contributed by atoms with Crippen molar-refractivity contribution in [3.05, 3.63) is 34.9 Å². The Kier molecular flexibility index (Phi) is 4.40. The van der Waals surface area contributed by atoms with Gasteiger partial charge in [-0.05, 0) is 38.0 Å². The maximum absolute atomic E-state index is 12.5. The lowest BCUT2D eigenvalue weighted by Gasteiger charge is -2.51. The van der Waals surface area contributed by atoms with Crippen molar-refractivity contribution in [1.29, 1.82) is 0 Å². The smallest absolute Gasteiger partial charge is 0.253 e. The van der Waals surface area contributed by atoms with Crippen molar-refractivity contribution >= 4 is 17.5 Å². The van der Waals surface area contributed by atoms with E-state index in [1.165, 1.54) is 0 Å². The third kappa shape index (κ3) is 3.11. The minimum atomic E-state index is -1.14. The number of rotatable bonds is 1. The Morgan fingerprint density at radius 3 is 2.70 bits per heavy atom. The zero-order chi connectivity index (χ0) is 16.7. The molecule has 23 heavy (non-hydrogen) atoms. The van der Waals surface area contributed by atoms with Crippen molar-refractivity contribution in [3.63, 3.8) is 0 Å². The first-order valence-electron chi connectivity index (χ1n) is 7.93. The van der Waals surface area contributed by atoms with E-state index in [1.807, 2.05) is 0 Å². The quantitative estimate of drug-likeness (QED) is 0.819. The van der Waals surface area contributed by atoms with Crippen LogP contribution in [0, 0.1) is 0 Å². The fourth-order valence-corrected chi connectivity index (χ4v) is 3.74. The number of piperidine rings is 1. The van der Waals surface area contributed by atoms with Gasteiger partial charge in [-0.15, -0.1) is 0 Å². The summed E-state index contributed by atoms with van der Waals surface area (Å²) in [4.78, 5) is 14.3. The number of likely N-dealkylation sites (tertiary alicyclic amines) is 1. The Labute approximate surface area is 140 Å². The number of benzene rings is 1. The number of amides is 1. The molecule has 2 N–H and O–H groups in total. The molecule has 0 aromatic heterocycles. The summed E-state index contributed by atoms with van der Waals surface area (Å²) in [5, 5.41) is 21.3. The zero-order valence-electron chi connectivity index (χ0n) is 13.2. The molecule has 6 heteroatoms. The molecule has 1 aromatic rings. The number of hydrogen-bond donors (Lipinski definition) is 2. The maximum Gasteiger partial charge on any atom is 0.253 e. The van der Waals surface area contributed by atoms with Crippen LogP contribution in [-0.4, -0.2) is 58.0 Å². The molecule has 5 nitrogen and oxygen atoms in total. The van der Waals surface area contributed by atoms with Crippen LogP contribution in [0.15, 0.2) is 24.3 Å². The Balaban J connectivity index is 1.70. The van der Waals surface area contributed by atoms with Crippen LogP contribution >= 0.6 is 11.6 Å². The van der Waals surface area contributed by atoms with Crippen molar-refractivity contribution in [3.8, 4) is 0 Å². The van der Waals surface area contributed by atoms with Crippen LogP contribution in [-0.2, 0) is 4.74 Å². The Hall–Kier alpha value is -1.14. The van der Waals surface area contributed by atoms with Gasteiger partial charge in [0.1, 0.15) is 11.7 Å². The highest BCUT2D eigenvalue weighted by Crippen LogP contribution is 2.40. The number of carbonyl (C=O) groups is 1. The van der Waals surface area contributed by atoms with Crippen LogP contribution in [0.25, 0.3) is 0 Å². The molecule has 0 saturated carbocycles. The number of aliphatic hydroxyl groups excluding tert-OH is 1. The number of carbonyl (C=O) groups excluding carboxylic acids is 1. The molecule has 0 aliphatic carbocycles. The lowest BCUT2D eigenvalue weighted by atomic mass is 9.75. The number of halogens is 1. The first-order valence-corrected chi connectivity index (χ1v) is 8.31. The van der Waals surface area contributed by atoms with Crippen LogP contribution in [0.2, 0.25) is 5.02 Å². The molecule has 0 bridgehead atoms. The third-order valence-corrected chi connectivity index (χ3v) is 5.29. The predicted molar refractivity (Wildman–Crippen MR) is 86.5 cm³/mol. The van der Waals surface area contributed by atoms with Crippen molar-refractivity contribution in [2.75, 3.05) is 19.7 Å². The first kappa shape index (κ1) is 16.7. The molecule has 1 amide bonds. The highest BCUT2D eigenvalue weighted by Gasteiger charge is 2.52. The molecule has 126 valence electrons. The normalized spacial score (nSPS) is 30.4. The van der Waals surface area contributed by atoms with Gasteiger partial charge in [-0.3, -0.25) is 4.79 Å². The third-order valence-electron chi connectivity index (χ3n) is 5.05. The lowest BCUT2D eigenvalue weighted by molar-refractivity contribution is -0.244. The van der Waals surface area contributed by atoms with Crippen molar-refractivity contribution in [1.82, 2.24) is 4.90 Å². The number of aliphatic hydroxyl groups is 2. The minimum absolute atomic E-state index is 0.0700. The molecule has 2 atom stereocenters. The van der Waals surface area contributed by atoms with Gasteiger partial charge < -0.3 is 19.8 Å². The molecule has 2 heterocycles.